The van der Waals surface area contributed by atoms with Crippen LogP contribution in [0.3, 0.4) is 0 Å². The highest BCUT2D eigenvalue weighted by Gasteiger charge is 2.07. The third kappa shape index (κ3) is 3.13. The van der Waals surface area contributed by atoms with Gasteiger partial charge in [0.1, 0.15) is 0 Å². The topological polar surface area (TPSA) is 17.3 Å². The zero-order valence-corrected chi connectivity index (χ0v) is 15.4. The van der Waals surface area contributed by atoms with Crippen LogP contribution in [0.15, 0.2) is 77.1 Å². The zero-order valence-electron chi connectivity index (χ0n) is 13.8. The molecule has 4 rings (SSSR count). The number of thiazole rings is 1. The Balaban J connectivity index is 1.88. The summed E-state index contributed by atoms with van der Waals surface area (Å²) in [4.78, 5) is 5.96. The molecular formula is C21H17ClN2S. The van der Waals surface area contributed by atoms with Crippen molar-refractivity contribution in [3.63, 3.8) is 0 Å². The zero-order chi connectivity index (χ0) is 17.2. The van der Waals surface area contributed by atoms with Crippen LogP contribution >= 0.6 is 22.9 Å². The number of benzene rings is 3. The van der Waals surface area contributed by atoms with Gasteiger partial charge in [-0.05, 0) is 36.1 Å². The molecule has 0 aliphatic carbocycles. The summed E-state index contributed by atoms with van der Waals surface area (Å²) in [5.41, 5.74) is 3.33. The van der Waals surface area contributed by atoms with Crippen LogP contribution in [0, 0.1) is 0 Å². The molecule has 0 spiro atoms. The highest BCUT2D eigenvalue weighted by molar-refractivity contribution is 7.07. The maximum absolute atomic E-state index is 6.02. The summed E-state index contributed by atoms with van der Waals surface area (Å²) < 4.78 is 2.25. The van der Waals surface area contributed by atoms with Crippen molar-refractivity contribution < 1.29 is 0 Å². The van der Waals surface area contributed by atoms with E-state index in [4.69, 9.17) is 16.6 Å². The van der Waals surface area contributed by atoms with Gasteiger partial charge >= 0.3 is 0 Å². The van der Waals surface area contributed by atoms with E-state index in [2.05, 4.69) is 71.5 Å². The number of halogens is 1. The molecule has 0 fully saturated rings. The molecular weight excluding hydrogens is 348 g/mol. The molecule has 0 N–H and O–H groups in total. The van der Waals surface area contributed by atoms with Crippen molar-refractivity contribution >= 4 is 39.4 Å². The summed E-state index contributed by atoms with van der Waals surface area (Å²) in [6, 6.07) is 22.6. The van der Waals surface area contributed by atoms with Crippen molar-refractivity contribution in [2.24, 2.45) is 4.99 Å². The standard InChI is InChI=1S/C21H17ClN2S/c1-2-24-20(16-10-12-17(22)13-11-16)14-25-21(24)23-19-9-5-7-15-6-3-4-8-18(15)19/h3-14H,2H2,1H3. The van der Waals surface area contributed by atoms with Crippen LogP contribution < -0.4 is 4.80 Å². The fraction of sp³-hybridized carbons (Fsp3) is 0.0952. The average Bonchev–Trinajstić information content (AvgIpc) is 3.05. The summed E-state index contributed by atoms with van der Waals surface area (Å²) in [6.45, 7) is 3.01. The fourth-order valence-electron chi connectivity index (χ4n) is 2.98. The molecule has 25 heavy (non-hydrogen) atoms. The van der Waals surface area contributed by atoms with Crippen LogP contribution in [0.1, 0.15) is 6.92 Å². The van der Waals surface area contributed by atoms with E-state index in [0.29, 0.717) is 0 Å². The van der Waals surface area contributed by atoms with Gasteiger partial charge in [0.2, 0.25) is 0 Å². The van der Waals surface area contributed by atoms with Gasteiger partial charge < -0.3 is 4.57 Å². The molecule has 0 amide bonds. The minimum Gasteiger partial charge on any atom is -0.317 e. The summed E-state index contributed by atoms with van der Waals surface area (Å²) >= 11 is 7.68. The first-order valence-electron chi connectivity index (χ1n) is 8.23. The molecule has 2 nitrogen and oxygen atoms in total. The Morgan fingerprint density at radius 3 is 2.52 bits per heavy atom. The maximum atomic E-state index is 6.02. The van der Waals surface area contributed by atoms with E-state index < -0.39 is 0 Å². The number of aromatic nitrogens is 1. The molecule has 4 heteroatoms. The van der Waals surface area contributed by atoms with Crippen LogP contribution in [0.2, 0.25) is 5.02 Å². The van der Waals surface area contributed by atoms with Crippen LogP contribution in [0.4, 0.5) is 5.69 Å². The van der Waals surface area contributed by atoms with Crippen LogP contribution in [-0.2, 0) is 6.54 Å². The lowest BCUT2D eigenvalue weighted by molar-refractivity contribution is 0.745. The van der Waals surface area contributed by atoms with Gasteiger partial charge in [-0.1, -0.05) is 60.1 Å². The molecule has 0 aliphatic heterocycles. The Labute approximate surface area is 155 Å². The van der Waals surface area contributed by atoms with Crippen molar-refractivity contribution in [3.8, 4) is 11.3 Å². The molecule has 3 aromatic carbocycles. The molecule has 1 aromatic heterocycles. The smallest absolute Gasteiger partial charge is 0.190 e. The minimum absolute atomic E-state index is 0.752. The number of fused-ring (bicyclic) bond motifs is 1. The van der Waals surface area contributed by atoms with Crippen molar-refractivity contribution in [2.45, 2.75) is 13.5 Å². The lowest BCUT2D eigenvalue weighted by Gasteiger charge is -2.07. The van der Waals surface area contributed by atoms with Gasteiger partial charge in [0.15, 0.2) is 4.80 Å². The largest absolute Gasteiger partial charge is 0.317 e. The minimum atomic E-state index is 0.752. The third-order valence-electron chi connectivity index (χ3n) is 4.24. The molecule has 0 radical (unpaired) electrons. The molecule has 0 unspecified atom stereocenters. The van der Waals surface area contributed by atoms with Crippen molar-refractivity contribution in [3.05, 3.63) is 81.9 Å². The van der Waals surface area contributed by atoms with E-state index in [1.165, 1.54) is 16.5 Å². The molecule has 1 heterocycles. The highest BCUT2D eigenvalue weighted by atomic mass is 35.5. The van der Waals surface area contributed by atoms with E-state index in [-0.39, 0.29) is 0 Å². The van der Waals surface area contributed by atoms with E-state index in [9.17, 15) is 0 Å². The maximum Gasteiger partial charge on any atom is 0.190 e. The first-order valence-corrected chi connectivity index (χ1v) is 9.49. The normalized spacial score (nSPS) is 12.0. The van der Waals surface area contributed by atoms with Crippen LogP contribution in [-0.4, -0.2) is 4.57 Å². The molecule has 0 atom stereocenters. The van der Waals surface area contributed by atoms with Crippen molar-refractivity contribution in [1.82, 2.24) is 4.57 Å². The van der Waals surface area contributed by atoms with Gasteiger partial charge in [-0.15, -0.1) is 11.3 Å². The summed E-state index contributed by atoms with van der Waals surface area (Å²) in [5, 5.41) is 5.30. The van der Waals surface area contributed by atoms with Gasteiger partial charge in [-0.2, -0.15) is 0 Å². The van der Waals surface area contributed by atoms with Gasteiger partial charge in [-0.25, -0.2) is 4.99 Å². The number of rotatable bonds is 3. The number of nitrogens with zero attached hydrogens (tertiary/aromatic N) is 2. The second-order valence-electron chi connectivity index (χ2n) is 5.76. The van der Waals surface area contributed by atoms with Crippen LogP contribution in [0.5, 0.6) is 0 Å². The third-order valence-corrected chi connectivity index (χ3v) is 5.35. The number of hydrogen-bond acceptors (Lipinski definition) is 2. The Kier molecular flexibility index (Phi) is 4.43. The monoisotopic (exact) mass is 364 g/mol. The Morgan fingerprint density at radius 2 is 1.72 bits per heavy atom. The Morgan fingerprint density at radius 1 is 0.960 bits per heavy atom. The van der Waals surface area contributed by atoms with E-state index >= 15 is 0 Å². The van der Waals surface area contributed by atoms with Crippen molar-refractivity contribution in [2.75, 3.05) is 0 Å². The van der Waals surface area contributed by atoms with E-state index in [0.717, 1.165) is 27.6 Å². The SMILES string of the molecule is CCn1c(-c2ccc(Cl)cc2)csc1=Nc1cccc2ccccc12. The first-order chi connectivity index (χ1) is 12.3. The van der Waals surface area contributed by atoms with Gasteiger partial charge in [0, 0.05) is 22.3 Å². The fourth-order valence-corrected chi connectivity index (χ4v) is 4.10. The molecule has 0 saturated heterocycles. The first kappa shape index (κ1) is 16.1. The number of hydrogen-bond donors (Lipinski definition) is 0. The molecule has 4 aromatic rings. The van der Waals surface area contributed by atoms with Gasteiger partial charge in [0.25, 0.3) is 0 Å². The summed E-state index contributed by atoms with van der Waals surface area (Å²) in [6.07, 6.45) is 0. The predicted octanol–water partition coefficient (Wildman–Crippen LogP) is 6.28. The quantitative estimate of drug-likeness (QED) is 0.407. The van der Waals surface area contributed by atoms with Gasteiger partial charge in [0.05, 0.1) is 11.4 Å². The molecule has 0 aliphatic rings. The second kappa shape index (κ2) is 6.87. The average molecular weight is 365 g/mol. The lowest BCUT2D eigenvalue weighted by atomic mass is 10.1. The highest BCUT2D eigenvalue weighted by Crippen LogP contribution is 2.26. The lowest BCUT2D eigenvalue weighted by Crippen LogP contribution is -2.14. The van der Waals surface area contributed by atoms with E-state index in [1.807, 2.05) is 12.1 Å². The molecule has 0 saturated carbocycles. The van der Waals surface area contributed by atoms with E-state index in [1.54, 1.807) is 11.3 Å². The predicted molar refractivity (Wildman–Crippen MR) is 108 cm³/mol. The second-order valence-corrected chi connectivity index (χ2v) is 7.04. The van der Waals surface area contributed by atoms with Crippen molar-refractivity contribution in [1.29, 1.82) is 0 Å². The Bertz CT molecular complexity index is 1090. The molecule has 0 bridgehead atoms. The van der Waals surface area contributed by atoms with Crippen LogP contribution in [0.25, 0.3) is 22.0 Å². The summed E-state index contributed by atoms with van der Waals surface area (Å²) in [5.74, 6) is 0. The summed E-state index contributed by atoms with van der Waals surface area (Å²) in [7, 11) is 0. The Hall–Kier alpha value is -2.36. The molecule has 124 valence electrons. The van der Waals surface area contributed by atoms with Gasteiger partial charge in [-0.3, -0.25) is 0 Å².